The van der Waals surface area contributed by atoms with Gasteiger partial charge in [-0.25, -0.2) is 22.6 Å². The van der Waals surface area contributed by atoms with Crippen molar-refractivity contribution in [1.29, 1.82) is 0 Å². The minimum atomic E-state index is -3.97. The van der Waals surface area contributed by atoms with E-state index in [2.05, 4.69) is 21.2 Å². The summed E-state index contributed by atoms with van der Waals surface area (Å²) in [6.45, 7) is 1.31. The predicted molar refractivity (Wildman–Crippen MR) is 113 cm³/mol. The Labute approximate surface area is 175 Å². The predicted octanol–water partition coefficient (Wildman–Crippen LogP) is 2.77. The van der Waals surface area contributed by atoms with Crippen LogP contribution in [0.15, 0.2) is 17.7 Å². The molecule has 1 aliphatic heterocycles. The number of sulfonamides is 1. The molecule has 30 heavy (non-hydrogen) atoms. The van der Waals surface area contributed by atoms with E-state index in [0.29, 0.717) is 18.1 Å². The number of hydrogen-bond donors (Lipinski definition) is 2. The Kier molecular flexibility index (Phi) is 4.77. The maximum atomic E-state index is 12.5. The van der Waals surface area contributed by atoms with Crippen LogP contribution in [0.5, 0.6) is 5.88 Å². The van der Waals surface area contributed by atoms with E-state index in [9.17, 15) is 13.2 Å². The number of anilines is 1. The van der Waals surface area contributed by atoms with Crippen LogP contribution in [0, 0.1) is 0 Å². The second kappa shape index (κ2) is 7.46. The Balaban J connectivity index is 1.32. The number of hydrogen-bond acceptors (Lipinski definition) is 5. The van der Waals surface area contributed by atoms with Crippen molar-refractivity contribution in [3.05, 3.63) is 45.5 Å². The fourth-order valence-corrected chi connectivity index (χ4v) is 5.34. The number of carbonyl (C=O) groups is 1. The van der Waals surface area contributed by atoms with Gasteiger partial charge in [0.05, 0.1) is 23.8 Å². The molecule has 2 aliphatic carbocycles. The van der Waals surface area contributed by atoms with E-state index in [1.54, 1.807) is 10.9 Å². The number of ether oxygens (including phenoxy) is 1. The van der Waals surface area contributed by atoms with Gasteiger partial charge in [0.15, 0.2) is 0 Å². The molecule has 158 valence electrons. The highest BCUT2D eigenvalue weighted by Gasteiger charge is 2.25. The number of nitrogens with zero attached hydrogens (tertiary/aromatic N) is 2. The number of aryl methyl sites for hydroxylation is 3. The summed E-state index contributed by atoms with van der Waals surface area (Å²) in [5.74, 6) is 0.549. The van der Waals surface area contributed by atoms with Gasteiger partial charge >= 0.3 is 6.03 Å². The molecule has 1 aromatic heterocycles. The van der Waals surface area contributed by atoms with E-state index < -0.39 is 16.1 Å². The summed E-state index contributed by atoms with van der Waals surface area (Å²) in [6, 6.07) is 1.53. The monoisotopic (exact) mass is 428 g/mol. The number of amides is 2. The molecule has 0 atom stereocenters. The van der Waals surface area contributed by atoms with Crippen LogP contribution in [0.3, 0.4) is 0 Å². The van der Waals surface area contributed by atoms with Crippen LogP contribution in [-0.4, -0.2) is 30.8 Å². The number of fused-ring (bicyclic) bond motifs is 3. The van der Waals surface area contributed by atoms with Gasteiger partial charge in [-0.05, 0) is 66.9 Å². The molecule has 5 rings (SSSR count). The van der Waals surface area contributed by atoms with Crippen molar-refractivity contribution in [2.45, 2.75) is 51.5 Å². The Morgan fingerprint density at radius 2 is 1.83 bits per heavy atom. The molecule has 1 aromatic carbocycles. The van der Waals surface area contributed by atoms with Crippen LogP contribution < -0.4 is 14.8 Å². The van der Waals surface area contributed by atoms with Crippen LogP contribution in [0.25, 0.3) is 6.08 Å². The fourth-order valence-electron chi connectivity index (χ4n) is 4.64. The highest BCUT2D eigenvalue weighted by atomic mass is 32.2. The maximum absolute atomic E-state index is 12.5. The van der Waals surface area contributed by atoms with E-state index in [1.165, 1.54) is 17.2 Å². The zero-order chi connectivity index (χ0) is 20.7. The molecule has 0 saturated carbocycles. The largest absolute Gasteiger partial charge is 0.477 e. The molecule has 9 heteroatoms. The molecule has 2 heterocycles. The molecule has 0 saturated heterocycles. The van der Waals surface area contributed by atoms with Gasteiger partial charge in [0, 0.05) is 18.7 Å². The zero-order valence-electron chi connectivity index (χ0n) is 16.6. The number of aromatic nitrogens is 2. The van der Waals surface area contributed by atoms with Gasteiger partial charge in [0.2, 0.25) is 5.88 Å². The molecule has 2 aromatic rings. The third-order valence-corrected chi connectivity index (χ3v) is 6.91. The van der Waals surface area contributed by atoms with Crippen LogP contribution in [0.2, 0.25) is 0 Å². The minimum absolute atomic E-state index is 0.549. The van der Waals surface area contributed by atoms with E-state index in [0.717, 1.165) is 73.7 Å². The molecule has 0 bridgehead atoms. The first-order chi connectivity index (χ1) is 14.5. The van der Waals surface area contributed by atoms with Crippen molar-refractivity contribution in [1.82, 2.24) is 14.5 Å². The summed E-state index contributed by atoms with van der Waals surface area (Å²) < 4.78 is 34.2. The summed E-state index contributed by atoms with van der Waals surface area (Å²) >= 11 is 0. The smallest absolute Gasteiger partial charge is 0.333 e. The van der Waals surface area contributed by atoms with Gasteiger partial charge in [0.1, 0.15) is 0 Å². The summed E-state index contributed by atoms with van der Waals surface area (Å²) in [5.41, 5.74) is 6.25. The average Bonchev–Trinajstić information content (AvgIpc) is 3.45. The molecule has 0 unspecified atom stereocenters. The molecular formula is C21H24N4O4S. The van der Waals surface area contributed by atoms with Gasteiger partial charge in [0.25, 0.3) is 10.0 Å². The zero-order valence-corrected chi connectivity index (χ0v) is 17.4. The van der Waals surface area contributed by atoms with Crippen molar-refractivity contribution in [3.63, 3.8) is 0 Å². The molecule has 0 fully saturated rings. The van der Waals surface area contributed by atoms with Crippen molar-refractivity contribution in [2.75, 3.05) is 11.9 Å². The van der Waals surface area contributed by atoms with Crippen LogP contribution >= 0.6 is 0 Å². The lowest BCUT2D eigenvalue weighted by Gasteiger charge is -2.16. The summed E-state index contributed by atoms with van der Waals surface area (Å²) in [4.78, 5) is 12.5. The standard InChI is InChI=1S/C21H24N4O4S/c26-21(23-19-17-6-1-4-14(17)12-15-5-2-7-18(15)19)24-30(27,28)11-8-16-13-22-25-9-3-10-29-20(16)25/h8,11-13H,1-7,9-10H2,(H2,23,24,26)/b11-8+. The first-order valence-corrected chi connectivity index (χ1v) is 11.9. The number of rotatable bonds is 4. The number of urea groups is 1. The van der Waals surface area contributed by atoms with Crippen molar-refractivity contribution in [3.8, 4) is 5.88 Å². The highest BCUT2D eigenvalue weighted by Crippen LogP contribution is 2.38. The second-order valence-corrected chi connectivity index (χ2v) is 9.53. The fraction of sp³-hybridized carbons (Fsp3) is 0.429. The Morgan fingerprint density at radius 3 is 2.57 bits per heavy atom. The first kappa shape index (κ1) is 19.2. The van der Waals surface area contributed by atoms with Gasteiger partial charge in [-0.1, -0.05) is 6.07 Å². The molecule has 8 nitrogen and oxygen atoms in total. The van der Waals surface area contributed by atoms with Crippen LogP contribution in [0.1, 0.15) is 47.1 Å². The molecule has 0 spiro atoms. The summed E-state index contributed by atoms with van der Waals surface area (Å²) in [7, 11) is -3.97. The van der Waals surface area contributed by atoms with Crippen molar-refractivity contribution >= 4 is 27.8 Å². The molecule has 0 radical (unpaired) electrons. The van der Waals surface area contributed by atoms with Crippen molar-refractivity contribution < 1.29 is 17.9 Å². The van der Waals surface area contributed by atoms with E-state index in [4.69, 9.17) is 4.74 Å². The summed E-state index contributed by atoms with van der Waals surface area (Å²) in [6.07, 6.45) is 9.80. The molecule has 3 aliphatic rings. The lowest BCUT2D eigenvalue weighted by Crippen LogP contribution is -2.33. The van der Waals surface area contributed by atoms with Gasteiger partial charge < -0.3 is 10.1 Å². The van der Waals surface area contributed by atoms with Crippen LogP contribution in [-0.2, 0) is 42.3 Å². The minimum Gasteiger partial charge on any atom is -0.477 e. The van der Waals surface area contributed by atoms with Crippen molar-refractivity contribution in [2.24, 2.45) is 0 Å². The number of nitrogens with one attached hydrogen (secondary N) is 2. The Bertz CT molecular complexity index is 1120. The van der Waals surface area contributed by atoms with Gasteiger partial charge in [-0.2, -0.15) is 5.10 Å². The topological polar surface area (TPSA) is 102 Å². The first-order valence-electron chi connectivity index (χ1n) is 10.4. The number of carbonyl (C=O) groups excluding carboxylic acids is 1. The quantitative estimate of drug-likeness (QED) is 0.780. The highest BCUT2D eigenvalue weighted by molar-refractivity contribution is 7.93. The van der Waals surface area contributed by atoms with Crippen LogP contribution in [0.4, 0.5) is 10.5 Å². The Morgan fingerprint density at radius 1 is 1.10 bits per heavy atom. The normalized spacial score (nSPS) is 17.3. The molecule has 2 amide bonds. The van der Waals surface area contributed by atoms with Gasteiger partial charge in [-0.15, -0.1) is 0 Å². The lowest BCUT2D eigenvalue weighted by molar-refractivity contribution is 0.230. The molecule has 2 N–H and O–H groups in total. The van der Waals surface area contributed by atoms with E-state index in [-0.39, 0.29) is 0 Å². The SMILES string of the molecule is O=C(Nc1c2c(cc3c1CCC3)CCC2)NS(=O)(=O)/C=C/c1cnn2c1OCCC2. The van der Waals surface area contributed by atoms with E-state index >= 15 is 0 Å². The lowest BCUT2D eigenvalue weighted by atomic mass is 9.99. The second-order valence-electron chi connectivity index (χ2n) is 7.97. The summed E-state index contributed by atoms with van der Waals surface area (Å²) in [5, 5.41) is 8.00. The molecular weight excluding hydrogens is 404 g/mol. The third-order valence-electron chi connectivity index (χ3n) is 5.94. The number of benzene rings is 1. The third kappa shape index (κ3) is 3.58. The maximum Gasteiger partial charge on any atom is 0.333 e. The Hall–Kier alpha value is -2.81. The average molecular weight is 429 g/mol. The van der Waals surface area contributed by atoms with Gasteiger partial charge in [-0.3, -0.25) is 0 Å². The van der Waals surface area contributed by atoms with E-state index in [1.807, 2.05) is 0 Å².